The first kappa shape index (κ1) is 22.3. The maximum atomic E-state index is 13.4. The molecule has 0 saturated heterocycles. The summed E-state index contributed by atoms with van der Waals surface area (Å²) in [6.07, 6.45) is 3.84. The third-order valence-corrected chi connectivity index (χ3v) is 6.69. The predicted molar refractivity (Wildman–Crippen MR) is 128 cm³/mol. The molecule has 4 aromatic rings. The number of carbonyl (C=O) groups excluding carboxylic acids is 1. The zero-order valence-electron chi connectivity index (χ0n) is 19.1. The Morgan fingerprint density at radius 2 is 1.86 bits per heavy atom. The Morgan fingerprint density at radius 3 is 2.64 bits per heavy atom. The molecule has 0 unspecified atom stereocenters. The average molecular weight is 488 g/mol. The van der Waals surface area contributed by atoms with Crippen molar-refractivity contribution in [3.8, 4) is 28.4 Å². The molecule has 0 spiro atoms. The second-order valence-corrected chi connectivity index (χ2v) is 8.96. The van der Waals surface area contributed by atoms with Crippen LogP contribution in [0.5, 0.6) is 5.75 Å². The number of fused-ring (bicyclic) bond motifs is 3. The number of halogens is 2. The van der Waals surface area contributed by atoms with E-state index in [0.29, 0.717) is 39.8 Å². The highest BCUT2D eigenvalue weighted by Gasteiger charge is 2.28. The summed E-state index contributed by atoms with van der Waals surface area (Å²) in [5.41, 5.74) is 1.95. The standard InChI is InChI=1S/C26H22F2N6O2/c27-24(28)20-10-4-16(13-29-20)15-5-11-22-19(12-15)26(35)32-23-3-1-2-21(31-23)25-33-30-14-34(25)17-6-8-18(36-22)9-7-17/h1-5,10-14,17-18,24H,6-9H2,(H,31,32,35). The van der Waals surface area contributed by atoms with E-state index in [1.807, 2.05) is 18.2 Å². The molecule has 1 aromatic carbocycles. The lowest BCUT2D eigenvalue weighted by Gasteiger charge is -2.31. The largest absolute Gasteiger partial charge is 0.490 e. The normalized spacial score (nSPS) is 19.1. The van der Waals surface area contributed by atoms with E-state index < -0.39 is 6.43 Å². The van der Waals surface area contributed by atoms with E-state index in [4.69, 9.17) is 4.74 Å². The van der Waals surface area contributed by atoms with Crippen LogP contribution in [-0.2, 0) is 0 Å². The van der Waals surface area contributed by atoms with Crippen LogP contribution in [0, 0.1) is 0 Å². The molecule has 1 amide bonds. The molecule has 8 nitrogen and oxygen atoms in total. The number of nitrogens with zero attached hydrogens (tertiary/aromatic N) is 5. The van der Waals surface area contributed by atoms with E-state index in [0.717, 1.165) is 25.7 Å². The zero-order chi connectivity index (χ0) is 24.6. The molecule has 7 rings (SSSR count). The van der Waals surface area contributed by atoms with Crippen molar-refractivity contribution >= 4 is 11.7 Å². The fraction of sp³-hybridized carbons (Fsp3) is 0.269. The number of hydrogen-bond donors (Lipinski definition) is 1. The number of hydrogen-bond acceptors (Lipinski definition) is 6. The van der Waals surface area contributed by atoms with Crippen LogP contribution >= 0.6 is 0 Å². The van der Waals surface area contributed by atoms with Crippen molar-refractivity contribution in [3.05, 3.63) is 72.3 Å². The lowest BCUT2D eigenvalue weighted by Crippen LogP contribution is -2.27. The number of rotatable bonds is 2. The molecule has 5 heterocycles. The number of benzene rings is 1. The Bertz CT molecular complexity index is 1410. The van der Waals surface area contributed by atoms with Crippen molar-refractivity contribution < 1.29 is 18.3 Å². The number of amides is 1. The first-order valence-corrected chi connectivity index (χ1v) is 11.8. The number of pyridine rings is 2. The Kier molecular flexibility index (Phi) is 5.63. The molecule has 10 heteroatoms. The van der Waals surface area contributed by atoms with Gasteiger partial charge < -0.3 is 14.6 Å². The maximum Gasteiger partial charge on any atom is 0.280 e. The summed E-state index contributed by atoms with van der Waals surface area (Å²) in [5.74, 6) is 1.11. The van der Waals surface area contributed by atoms with Crippen molar-refractivity contribution in [1.82, 2.24) is 24.7 Å². The Morgan fingerprint density at radius 1 is 1.03 bits per heavy atom. The van der Waals surface area contributed by atoms with Crippen LogP contribution in [-0.4, -0.2) is 36.7 Å². The monoisotopic (exact) mass is 488 g/mol. The minimum atomic E-state index is -2.64. The van der Waals surface area contributed by atoms with Gasteiger partial charge in [0.1, 0.15) is 29.3 Å². The highest BCUT2D eigenvalue weighted by Crippen LogP contribution is 2.36. The van der Waals surface area contributed by atoms with Gasteiger partial charge in [-0.3, -0.25) is 9.78 Å². The van der Waals surface area contributed by atoms with Gasteiger partial charge in [0.2, 0.25) is 0 Å². The summed E-state index contributed by atoms with van der Waals surface area (Å²) >= 11 is 0. The maximum absolute atomic E-state index is 13.4. The lowest BCUT2D eigenvalue weighted by atomic mass is 9.92. The minimum Gasteiger partial charge on any atom is -0.490 e. The quantitative estimate of drug-likeness (QED) is 0.402. The summed E-state index contributed by atoms with van der Waals surface area (Å²) in [7, 11) is 0. The number of anilines is 1. The van der Waals surface area contributed by atoms with Gasteiger partial charge in [0, 0.05) is 17.8 Å². The van der Waals surface area contributed by atoms with E-state index in [-0.39, 0.29) is 23.7 Å². The molecular weight excluding hydrogens is 466 g/mol. The van der Waals surface area contributed by atoms with Crippen LogP contribution in [0.1, 0.15) is 54.2 Å². The van der Waals surface area contributed by atoms with Crippen molar-refractivity contribution in [3.63, 3.8) is 0 Å². The van der Waals surface area contributed by atoms with Crippen LogP contribution in [0.25, 0.3) is 22.6 Å². The molecule has 2 aliphatic heterocycles. The van der Waals surface area contributed by atoms with Gasteiger partial charge in [0.05, 0.1) is 11.7 Å². The van der Waals surface area contributed by atoms with Crippen LogP contribution < -0.4 is 10.1 Å². The second-order valence-electron chi connectivity index (χ2n) is 8.96. The highest BCUT2D eigenvalue weighted by atomic mass is 19.3. The van der Waals surface area contributed by atoms with Gasteiger partial charge in [-0.15, -0.1) is 10.2 Å². The summed E-state index contributed by atoms with van der Waals surface area (Å²) in [6, 6.07) is 13.7. The summed E-state index contributed by atoms with van der Waals surface area (Å²) in [4.78, 5) is 21.9. The van der Waals surface area contributed by atoms with E-state index in [2.05, 4.69) is 30.0 Å². The molecule has 1 aliphatic carbocycles. The topological polar surface area (TPSA) is 94.8 Å². The molecule has 1 saturated carbocycles. The number of alkyl halides is 2. The molecule has 3 aromatic heterocycles. The van der Waals surface area contributed by atoms with E-state index >= 15 is 0 Å². The zero-order valence-corrected chi connectivity index (χ0v) is 19.1. The number of aromatic nitrogens is 5. The predicted octanol–water partition coefficient (Wildman–Crippen LogP) is 5.47. The molecule has 0 radical (unpaired) electrons. The van der Waals surface area contributed by atoms with E-state index in [1.54, 1.807) is 30.6 Å². The number of ether oxygens (including phenoxy) is 1. The summed E-state index contributed by atoms with van der Waals surface area (Å²) in [5, 5.41) is 11.3. The van der Waals surface area contributed by atoms with Gasteiger partial charge >= 0.3 is 0 Å². The third kappa shape index (κ3) is 4.19. The Balaban J connectivity index is 1.41. The molecule has 3 aliphatic rings. The fourth-order valence-corrected chi connectivity index (χ4v) is 4.82. The summed E-state index contributed by atoms with van der Waals surface area (Å²) in [6.45, 7) is 0. The van der Waals surface area contributed by atoms with Crippen molar-refractivity contribution in [2.45, 2.75) is 44.3 Å². The van der Waals surface area contributed by atoms with E-state index in [1.165, 1.54) is 12.3 Å². The van der Waals surface area contributed by atoms with Crippen LogP contribution in [0.4, 0.5) is 14.6 Å². The SMILES string of the molecule is O=C1Nc2cccc(n2)-c2nncn2C2CCC(CC2)Oc2ccc(-c3ccc(C(F)F)nc3)cc21. The fourth-order valence-electron chi connectivity index (χ4n) is 4.82. The second kappa shape index (κ2) is 9.10. The highest BCUT2D eigenvalue weighted by molar-refractivity contribution is 6.06. The third-order valence-electron chi connectivity index (χ3n) is 6.69. The molecule has 4 bridgehead atoms. The van der Waals surface area contributed by atoms with Gasteiger partial charge in [-0.1, -0.05) is 18.2 Å². The summed E-state index contributed by atoms with van der Waals surface area (Å²) < 4.78 is 34.2. The lowest BCUT2D eigenvalue weighted by molar-refractivity contribution is 0.100. The van der Waals surface area contributed by atoms with Gasteiger partial charge in [-0.25, -0.2) is 13.8 Å². The Labute approximate surface area is 205 Å². The Hall–Kier alpha value is -4.21. The first-order valence-electron chi connectivity index (χ1n) is 11.8. The van der Waals surface area contributed by atoms with Crippen molar-refractivity contribution in [2.24, 2.45) is 0 Å². The van der Waals surface area contributed by atoms with Crippen molar-refractivity contribution in [1.29, 1.82) is 0 Å². The van der Waals surface area contributed by atoms with Crippen molar-refractivity contribution in [2.75, 3.05) is 5.32 Å². The molecular formula is C26H22F2N6O2. The molecule has 1 fully saturated rings. The van der Waals surface area contributed by atoms with Gasteiger partial charge in [0.15, 0.2) is 5.82 Å². The van der Waals surface area contributed by atoms with Gasteiger partial charge in [-0.2, -0.15) is 0 Å². The van der Waals surface area contributed by atoms with Crippen LogP contribution in [0.2, 0.25) is 0 Å². The molecule has 182 valence electrons. The van der Waals surface area contributed by atoms with Crippen LogP contribution in [0.15, 0.2) is 61.1 Å². The minimum absolute atomic E-state index is 0.0375. The van der Waals surface area contributed by atoms with E-state index in [9.17, 15) is 13.6 Å². The smallest absolute Gasteiger partial charge is 0.280 e. The average Bonchev–Trinajstić information content (AvgIpc) is 3.39. The van der Waals surface area contributed by atoms with Gasteiger partial charge in [-0.05, 0) is 61.6 Å². The molecule has 36 heavy (non-hydrogen) atoms. The number of nitrogens with one attached hydrogen (secondary N) is 1. The van der Waals surface area contributed by atoms with Gasteiger partial charge in [0.25, 0.3) is 12.3 Å². The molecule has 0 atom stereocenters. The van der Waals surface area contributed by atoms with Crippen LogP contribution in [0.3, 0.4) is 0 Å². The number of carbonyl (C=O) groups is 1. The first-order chi connectivity index (χ1) is 17.5. The molecule has 1 N–H and O–H groups in total.